The Hall–Kier alpha value is -1.97. The second kappa shape index (κ2) is 2.82. The van der Waals surface area contributed by atoms with Crippen molar-refractivity contribution in [2.24, 2.45) is 5.73 Å². The van der Waals surface area contributed by atoms with Crippen LogP contribution < -0.4 is 11.1 Å². The zero-order valence-corrected chi connectivity index (χ0v) is 6.78. The number of nitrogens with one attached hydrogen (secondary N) is 1. The first kappa shape index (κ1) is 7.67. The van der Waals surface area contributed by atoms with Crippen molar-refractivity contribution in [1.82, 2.24) is 0 Å². The molecule has 0 saturated carbocycles. The number of nitrogens with two attached hydrogens (primary N) is 1. The third-order valence-electron chi connectivity index (χ3n) is 1.72. The van der Waals surface area contributed by atoms with Gasteiger partial charge in [-0.2, -0.15) is 0 Å². The minimum Gasteiger partial charge on any atom is -0.464 e. The maximum Gasteiger partial charge on any atom is 0.316 e. The highest BCUT2D eigenvalue weighted by Crippen LogP contribution is 2.19. The number of primary amides is 1. The molecule has 2 rings (SSSR count). The lowest BCUT2D eigenvalue weighted by Crippen LogP contribution is -2.19. The van der Waals surface area contributed by atoms with Gasteiger partial charge in [-0.1, -0.05) is 0 Å². The highest BCUT2D eigenvalue weighted by atomic mass is 16.3. The van der Waals surface area contributed by atoms with Crippen LogP contribution in [0, 0.1) is 0 Å². The van der Waals surface area contributed by atoms with Crippen molar-refractivity contribution < 1.29 is 9.21 Å². The third-order valence-corrected chi connectivity index (χ3v) is 1.72. The summed E-state index contributed by atoms with van der Waals surface area (Å²) in [5.41, 5.74) is 6.43. The van der Waals surface area contributed by atoms with Gasteiger partial charge in [0.25, 0.3) is 0 Å². The van der Waals surface area contributed by atoms with E-state index in [9.17, 15) is 4.79 Å². The van der Waals surface area contributed by atoms with Crippen LogP contribution in [-0.2, 0) is 0 Å². The number of rotatable bonds is 1. The van der Waals surface area contributed by atoms with Crippen LogP contribution in [-0.4, -0.2) is 6.03 Å². The number of carbonyl (C=O) groups excluding carboxylic acids is 1. The molecule has 13 heavy (non-hydrogen) atoms. The van der Waals surface area contributed by atoms with E-state index in [-0.39, 0.29) is 0 Å². The molecule has 1 aromatic heterocycles. The topological polar surface area (TPSA) is 68.3 Å². The Bertz CT molecular complexity index is 448. The third kappa shape index (κ3) is 1.46. The molecule has 4 nitrogen and oxygen atoms in total. The molecule has 0 aliphatic rings. The van der Waals surface area contributed by atoms with E-state index < -0.39 is 6.03 Å². The number of fused-ring (bicyclic) bond motifs is 1. The van der Waals surface area contributed by atoms with E-state index >= 15 is 0 Å². The molecule has 66 valence electrons. The van der Waals surface area contributed by atoms with Gasteiger partial charge < -0.3 is 15.5 Å². The number of hydrogen-bond acceptors (Lipinski definition) is 2. The van der Waals surface area contributed by atoms with Crippen LogP contribution in [0.25, 0.3) is 11.0 Å². The monoisotopic (exact) mass is 176 g/mol. The molecule has 4 heteroatoms. The van der Waals surface area contributed by atoms with Crippen molar-refractivity contribution in [1.29, 1.82) is 0 Å². The molecule has 3 N–H and O–H groups in total. The lowest BCUT2D eigenvalue weighted by molar-refractivity contribution is 0.259. The normalized spacial score (nSPS) is 10.2. The molecule has 0 fully saturated rings. The second-order valence-corrected chi connectivity index (χ2v) is 2.66. The van der Waals surface area contributed by atoms with Gasteiger partial charge in [0.1, 0.15) is 5.58 Å². The average Bonchev–Trinajstić information content (AvgIpc) is 2.49. The number of furan rings is 1. The zero-order valence-electron chi connectivity index (χ0n) is 6.78. The summed E-state index contributed by atoms with van der Waals surface area (Å²) in [7, 11) is 0. The number of benzene rings is 1. The van der Waals surface area contributed by atoms with Gasteiger partial charge in [-0.3, -0.25) is 0 Å². The number of anilines is 1. The Morgan fingerprint density at radius 1 is 1.38 bits per heavy atom. The second-order valence-electron chi connectivity index (χ2n) is 2.66. The van der Waals surface area contributed by atoms with Crippen molar-refractivity contribution in [3.05, 3.63) is 30.5 Å². The molecular weight excluding hydrogens is 168 g/mol. The molecule has 0 aliphatic carbocycles. The summed E-state index contributed by atoms with van der Waals surface area (Å²) in [5.74, 6) is 0. The fourth-order valence-corrected chi connectivity index (χ4v) is 1.19. The fourth-order valence-electron chi connectivity index (χ4n) is 1.19. The maximum absolute atomic E-state index is 10.5. The molecule has 2 aromatic rings. The lowest BCUT2D eigenvalue weighted by atomic mass is 10.2. The predicted octanol–water partition coefficient (Wildman–Crippen LogP) is 1.92. The summed E-state index contributed by atoms with van der Waals surface area (Å²) in [6.07, 6.45) is 1.60. The lowest BCUT2D eigenvalue weighted by Gasteiger charge is -1.99. The van der Waals surface area contributed by atoms with Gasteiger partial charge in [-0.05, 0) is 24.3 Å². The summed E-state index contributed by atoms with van der Waals surface area (Å²) < 4.78 is 5.13. The molecule has 0 radical (unpaired) electrons. The number of urea groups is 1. The minimum absolute atomic E-state index is 0.567. The van der Waals surface area contributed by atoms with Gasteiger partial charge in [0, 0.05) is 11.1 Å². The van der Waals surface area contributed by atoms with E-state index in [4.69, 9.17) is 10.2 Å². The van der Waals surface area contributed by atoms with Crippen molar-refractivity contribution in [3.63, 3.8) is 0 Å². The Morgan fingerprint density at radius 2 is 2.23 bits per heavy atom. The standard InChI is InChI=1S/C9H8N2O2/c10-9(12)11-7-1-2-8-6(5-7)3-4-13-8/h1-5H,(H3,10,11,12). The first-order chi connectivity index (χ1) is 6.25. The van der Waals surface area contributed by atoms with Gasteiger partial charge >= 0.3 is 6.03 Å². The largest absolute Gasteiger partial charge is 0.464 e. The van der Waals surface area contributed by atoms with Gasteiger partial charge in [0.2, 0.25) is 0 Å². The van der Waals surface area contributed by atoms with Gasteiger partial charge in [0.15, 0.2) is 0 Å². The molecule has 1 heterocycles. The smallest absolute Gasteiger partial charge is 0.316 e. The van der Waals surface area contributed by atoms with Crippen LogP contribution in [0.2, 0.25) is 0 Å². The van der Waals surface area contributed by atoms with E-state index in [1.807, 2.05) is 6.07 Å². The molecule has 1 aromatic carbocycles. The molecular formula is C9H8N2O2. The van der Waals surface area contributed by atoms with Crippen molar-refractivity contribution in [3.8, 4) is 0 Å². The van der Waals surface area contributed by atoms with Crippen molar-refractivity contribution in [2.75, 3.05) is 5.32 Å². The minimum atomic E-state index is -0.567. The summed E-state index contributed by atoms with van der Waals surface area (Å²) in [4.78, 5) is 10.5. The zero-order chi connectivity index (χ0) is 9.26. The number of carbonyl (C=O) groups is 1. The van der Waals surface area contributed by atoms with Crippen LogP contribution in [0.15, 0.2) is 34.9 Å². The van der Waals surface area contributed by atoms with Crippen LogP contribution in [0.4, 0.5) is 10.5 Å². The van der Waals surface area contributed by atoms with E-state index in [1.165, 1.54) is 0 Å². The first-order valence-electron chi connectivity index (χ1n) is 3.79. The van der Waals surface area contributed by atoms with Gasteiger partial charge in [-0.15, -0.1) is 0 Å². The Morgan fingerprint density at radius 3 is 3.00 bits per heavy atom. The summed E-state index contributed by atoms with van der Waals surface area (Å²) in [6.45, 7) is 0. The van der Waals surface area contributed by atoms with E-state index in [1.54, 1.807) is 24.5 Å². The number of amides is 2. The molecule has 0 saturated heterocycles. The highest BCUT2D eigenvalue weighted by Gasteiger charge is 1.99. The maximum atomic E-state index is 10.5. The fraction of sp³-hybridized carbons (Fsp3) is 0. The summed E-state index contributed by atoms with van der Waals surface area (Å²) in [5, 5.41) is 3.42. The van der Waals surface area contributed by atoms with Crippen LogP contribution in [0.3, 0.4) is 0 Å². The molecule has 0 bridgehead atoms. The van der Waals surface area contributed by atoms with Crippen LogP contribution >= 0.6 is 0 Å². The molecule has 0 atom stereocenters. The quantitative estimate of drug-likeness (QED) is 0.696. The van der Waals surface area contributed by atoms with Gasteiger partial charge in [0.05, 0.1) is 6.26 Å². The van der Waals surface area contributed by atoms with E-state index in [0.717, 1.165) is 11.0 Å². The number of hydrogen-bond donors (Lipinski definition) is 2. The van der Waals surface area contributed by atoms with Crippen molar-refractivity contribution in [2.45, 2.75) is 0 Å². The van der Waals surface area contributed by atoms with E-state index in [2.05, 4.69) is 5.32 Å². The molecule has 0 unspecified atom stereocenters. The SMILES string of the molecule is NC(=O)Nc1ccc2occc2c1. The predicted molar refractivity (Wildman–Crippen MR) is 49.4 cm³/mol. The van der Waals surface area contributed by atoms with Gasteiger partial charge in [-0.25, -0.2) is 4.79 Å². The molecule has 0 spiro atoms. The Labute approximate surface area is 74.3 Å². The van der Waals surface area contributed by atoms with Crippen molar-refractivity contribution >= 4 is 22.7 Å². The summed E-state index contributed by atoms with van der Waals surface area (Å²) in [6, 6.07) is 6.56. The molecule has 0 aliphatic heterocycles. The summed E-state index contributed by atoms with van der Waals surface area (Å²) >= 11 is 0. The average molecular weight is 176 g/mol. The highest BCUT2D eigenvalue weighted by molar-refractivity contribution is 5.91. The van der Waals surface area contributed by atoms with E-state index in [0.29, 0.717) is 5.69 Å². The molecule has 2 amide bonds. The first-order valence-corrected chi connectivity index (χ1v) is 3.79. The van der Waals surface area contributed by atoms with Crippen LogP contribution in [0.1, 0.15) is 0 Å². The Kier molecular flexibility index (Phi) is 1.66. The van der Waals surface area contributed by atoms with Crippen LogP contribution in [0.5, 0.6) is 0 Å². The Balaban J connectivity index is 2.42.